The van der Waals surface area contributed by atoms with Crippen LogP contribution in [0.1, 0.15) is 51.8 Å². The van der Waals surface area contributed by atoms with Crippen LogP contribution in [0, 0.1) is 0 Å². The molecule has 0 spiro atoms. The minimum absolute atomic E-state index is 0. The Kier molecular flexibility index (Phi) is 12.9. The van der Waals surface area contributed by atoms with Crippen LogP contribution in [0.3, 0.4) is 0 Å². The smallest absolute Gasteiger partial charge is 1.00 e. The standard InChI is InChI=1S/C22H27Cl2O4P.Li.H/c1-4-10-26-15-13-18(27-11-5-2)21(19(14-15)28-12-6-3)29-22(25)20-16(23)8-7-9-17(20)24;;/h7-9,13-14,29H,4-6,10-12H2,1-3H3;;/q;+1;-1. The van der Waals surface area contributed by atoms with Gasteiger partial charge in [-0.3, -0.25) is 4.79 Å². The van der Waals surface area contributed by atoms with Gasteiger partial charge in [-0.25, -0.2) is 0 Å². The fourth-order valence-electron chi connectivity index (χ4n) is 2.53. The number of hydrogen-bond acceptors (Lipinski definition) is 4. The summed E-state index contributed by atoms with van der Waals surface area (Å²) in [6.07, 6.45) is 2.58. The second-order valence-corrected chi connectivity index (χ2v) is 8.41. The van der Waals surface area contributed by atoms with Crippen LogP contribution in [0.4, 0.5) is 0 Å². The van der Waals surface area contributed by atoms with Gasteiger partial charge in [0.05, 0.1) is 40.7 Å². The van der Waals surface area contributed by atoms with Crippen LogP contribution in [0.15, 0.2) is 30.3 Å². The van der Waals surface area contributed by atoms with Crippen molar-refractivity contribution in [3.8, 4) is 17.2 Å². The zero-order valence-electron chi connectivity index (χ0n) is 19.0. The molecule has 30 heavy (non-hydrogen) atoms. The van der Waals surface area contributed by atoms with Crippen LogP contribution in [0.25, 0.3) is 0 Å². The minimum atomic E-state index is -0.246. The number of ether oxygens (including phenoxy) is 3. The van der Waals surface area contributed by atoms with Gasteiger partial charge in [0, 0.05) is 12.1 Å². The van der Waals surface area contributed by atoms with Gasteiger partial charge in [0.1, 0.15) is 17.2 Å². The predicted octanol–water partition coefficient (Wildman–Crippen LogP) is 3.62. The van der Waals surface area contributed by atoms with Gasteiger partial charge in [-0.1, -0.05) is 50.0 Å². The molecule has 2 rings (SSSR count). The van der Waals surface area contributed by atoms with E-state index in [1.54, 1.807) is 18.2 Å². The topological polar surface area (TPSA) is 44.8 Å². The van der Waals surface area contributed by atoms with E-state index in [0.29, 0.717) is 58.0 Å². The summed E-state index contributed by atoms with van der Waals surface area (Å²) in [6, 6.07) is 8.70. The van der Waals surface area contributed by atoms with E-state index in [2.05, 4.69) is 0 Å². The van der Waals surface area contributed by atoms with Crippen LogP contribution in [-0.4, -0.2) is 25.3 Å². The van der Waals surface area contributed by atoms with Crippen molar-refractivity contribution in [2.24, 2.45) is 0 Å². The molecule has 0 amide bonds. The average molecular weight is 465 g/mol. The number of benzene rings is 2. The SMILES string of the molecule is CCCOc1cc(OCCC)c(PC(=O)c2c(Cl)cccc2Cl)c(OCCC)c1.[H-].[Li+]. The molecule has 0 aliphatic heterocycles. The quantitative estimate of drug-likeness (QED) is 0.355. The molecule has 2 aromatic rings. The van der Waals surface area contributed by atoms with Gasteiger partial charge in [-0.05, 0) is 40.0 Å². The van der Waals surface area contributed by atoms with Crippen LogP contribution >= 0.6 is 31.8 Å². The van der Waals surface area contributed by atoms with Crippen molar-refractivity contribution < 1.29 is 39.3 Å². The van der Waals surface area contributed by atoms with Crippen molar-refractivity contribution in [2.75, 3.05) is 19.8 Å². The van der Waals surface area contributed by atoms with Gasteiger partial charge < -0.3 is 15.6 Å². The van der Waals surface area contributed by atoms with Gasteiger partial charge in [0.15, 0.2) is 5.52 Å². The number of carbonyl (C=O) groups is 1. The minimum Gasteiger partial charge on any atom is -1.00 e. The molecule has 0 heterocycles. The van der Waals surface area contributed by atoms with E-state index in [0.717, 1.165) is 19.3 Å². The van der Waals surface area contributed by atoms with Crippen molar-refractivity contribution in [3.63, 3.8) is 0 Å². The number of halogens is 2. The molecule has 0 bridgehead atoms. The Bertz CT molecular complexity index is 790. The first-order valence-corrected chi connectivity index (χ1v) is 11.6. The third kappa shape index (κ3) is 7.67. The summed E-state index contributed by atoms with van der Waals surface area (Å²) >= 11 is 12.5. The fraction of sp³-hybridized carbons (Fsp3) is 0.409. The van der Waals surface area contributed by atoms with E-state index in [9.17, 15) is 4.79 Å². The molecule has 0 N–H and O–H groups in total. The van der Waals surface area contributed by atoms with Crippen molar-refractivity contribution in [3.05, 3.63) is 45.9 Å². The average Bonchev–Trinajstić information content (AvgIpc) is 2.70. The first kappa shape index (κ1) is 27.2. The molecule has 0 aliphatic carbocycles. The Morgan fingerprint density at radius 3 is 1.83 bits per heavy atom. The molecule has 4 nitrogen and oxygen atoms in total. The number of rotatable bonds is 12. The number of hydrogen-bond donors (Lipinski definition) is 0. The third-order valence-corrected chi connectivity index (χ3v) is 5.71. The molecule has 0 fully saturated rings. The van der Waals surface area contributed by atoms with E-state index in [-0.39, 0.29) is 34.4 Å². The van der Waals surface area contributed by atoms with Gasteiger partial charge in [-0.15, -0.1) is 0 Å². The summed E-state index contributed by atoms with van der Waals surface area (Å²) in [7, 11) is -0.246. The summed E-state index contributed by atoms with van der Waals surface area (Å²) in [5.41, 5.74) is 0.161. The summed E-state index contributed by atoms with van der Waals surface area (Å²) in [6.45, 7) is 7.76. The zero-order valence-corrected chi connectivity index (χ0v) is 20.5. The third-order valence-electron chi connectivity index (χ3n) is 3.86. The van der Waals surface area contributed by atoms with Crippen molar-refractivity contribution in [1.29, 1.82) is 0 Å². The summed E-state index contributed by atoms with van der Waals surface area (Å²) in [4.78, 5) is 13.1. The Hall–Kier alpha value is -0.883. The monoisotopic (exact) mass is 464 g/mol. The summed E-state index contributed by atoms with van der Waals surface area (Å²) in [5.74, 6) is 1.86. The second kappa shape index (κ2) is 14.2. The molecule has 0 saturated heterocycles. The van der Waals surface area contributed by atoms with E-state index in [1.165, 1.54) is 0 Å². The van der Waals surface area contributed by atoms with Crippen LogP contribution < -0.4 is 38.4 Å². The Morgan fingerprint density at radius 2 is 1.37 bits per heavy atom. The molecule has 2 aromatic carbocycles. The first-order chi connectivity index (χ1) is 14.0. The molecule has 0 saturated carbocycles. The largest absolute Gasteiger partial charge is 1.00 e. The molecule has 0 aliphatic rings. The van der Waals surface area contributed by atoms with Crippen LogP contribution in [0.2, 0.25) is 10.0 Å². The van der Waals surface area contributed by atoms with Crippen molar-refractivity contribution in [1.82, 2.24) is 0 Å². The molecule has 1 atom stereocenters. The van der Waals surface area contributed by atoms with E-state index in [4.69, 9.17) is 37.4 Å². The Morgan fingerprint density at radius 1 is 0.900 bits per heavy atom. The molecule has 0 aromatic heterocycles. The maximum atomic E-state index is 13.1. The Labute approximate surface area is 204 Å². The maximum absolute atomic E-state index is 13.1. The van der Waals surface area contributed by atoms with Crippen LogP contribution in [0.5, 0.6) is 17.2 Å². The van der Waals surface area contributed by atoms with Gasteiger partial charge in [-0.2, -0.15) is 0 Å². The van der Waals surface area contributed by atoms with Crippen molar-refractivity contribution >= 4 is 42.6 Å². The van der Waals surface area contributed by atoms with Crippen molar-refractivity contribution in [2.45, 2.75) is 40.0 Å². The van der Waals surface area contributed by atoms with E-state index >= 15 is 0 Å². The van der Waals surface area contributed by atoms with Gasteiger partial charge in [0.2, 0.25) is 0 Å². The van der Waals surface area contributed by atoms with E-state index < -0.39 is 0 Å². The predicted molar refractivity (Wildman–Crippen MR) is 124 cm³/mol. The fourth-order valence-corrected chi connectivity index (χ4v) is 4.42. The van der Waals surface area contributed by atoms with Gasteiger partial charge in [0.25, 0.3) is 0 Å². The molecular weight excluding hydrogens is 437 g/mol. The van der Waals surface area contributed by atoms with Crippen LogP contribution in [-0.2, 0) is 0 Å². The molecule has 0 radical (unpaired) electrons. The maximum Gasteiger partial charge on any atom is 1.00 e. The zero-order chi connectivity index (χ0) is 21.2. The second-order valence-electron chi connectivity index (χ2n) is 6.39. The Balaban J connectivity index is 0.00000450. The normalized spacial score (nSPS) is 10.7. The summed E-state index contributed by atoms with van der Waals surface area (Å²) in [5, 5.41) is 1.38. The molecule has 8 heteroatoms. The summed E-state index contributed by atoms with van der Waals surface area (Å²) < 4.78 is 17.7. The molecule has 1 unspecified atom stereocenters. The first-order valence-electron chi connectivity index (χ1n) is 9.83. The molecular formula is C22H28Cl2LiO4P. The van der Waals surface area contributed by atoms with Gasteiger partial charge >= 0.3 is 18.9 Å². The number of carbonyl (C=O) groups excluding carboxylic acids is 1. The van der Waals surface area contributed by atoms with E-state index in [1.807, 2.05) is 32.9 Å². The molecule has 160 valence electrons.